The van der Waals surface area contributed by atoms with Crippen LogP contribution in [0.4, 0.5) is 0 Å². The fraction of sp³-hybridized carbons (Fsp3) is 0.529. The summed E-state index contributed by atoms with van der Waals surface area (Å²) >= 11 is 0. The number of ether oxygens (including phenoxy) is 1. The van der Waals surface area contributed by atoms with Crippen molar-refractivity contribution in [1.82, 2.24) is 29.5 Å². The minimum atomic E-state index is -0.0240. The highest BCUT2D eigenvalue weighted by Gasteiger charge is 2.23. The van der Waals surface area contributed by atoms with E-state index in [1.807, 2.05) is 25.3 Å². The molecule has 25 heavy (non-hydrogen) atoms. The molecule has 1 aliphatic rings. The molecule has 8 heteroatoms. The van der Waals surface area contributed by atoms with E-state index in [1.54, 1.807) is 12.3 Å². The normalized spacial score (nSPS) is 14.4. The number of carbonyl (C=O) groups excluding carboxylic acids is 1. The Balaban J connectivity index is 1.69. The fourth-order valence-corrected chi connectivity index (χ4v) is 2.83. The maximum atomic E-state index is 12.7. The second-order valence-electron chi connectivity index (χ2n) is 6.40. The van der Waals surface area contributed by atoms with Gasteiger partial charge in [0.2, 0.25) is 0 Å². The van der Waals surface area contributed by atoms with Crippen molar-refractivity contribution in [2.24, 2.45) is 0 Å². The monoisotopic (exact) mass is 344 g/mol. The van der Waals surface area contributed by atoms with Gasteiger partial charge in [0.05, 0.1) is 55.4 Å². The SMILES string of the molecule is CN(C)CCOCc1ncn2c1CN(C(=O)c1ccnnc1)CCC2. The highest BCUT2D eigenvalue weighted by atomic mass is 16.5. The molecule has 2 aromatic heterocycles. The quantitative estimate of drug-likeness (QED) is 0.722. The molecule has 1 aliphatic heterocycles. The summed E-state index contributed by atoms with van der Waals surface area (Å²) in [4.78, 5) is 21.1. The van der Waals surface area contributed by atoms with Crippen LogP contribution in [0.25, 0.3) is 0 Å². The summed E-state index contributed by atoms with van der Waals surface area (Å²) in [6.07, 6.45) is 5.80. The Kier molecular flexibility index (Phi) is 5.72. The number of hydrogen-bond acceptors (Lipinski definition) is 6. The summed E-state index contributed by atoms with van der Waals surface area (Å²) < 4.78 is 7.86. The molecule has 0 bridgehead atoms. The van der Waals surface area contributed by atoms with E-state index in [4.69, 9.17) is 4.74 Å². The lowest BCUT2D eigenvalue weighted by atomic mass is 10.2. The van der Waals surface area contributed by atoms with E-state index in [0.717, 1.165) is 30.9 Å². The van der Waals surface area contributed by atoms with Crippen molar-refractivity contribution < 1.29 is 9.53 Å². The Bertz CT molecular complexity index is 700. The molecule has 0 aromatic carbocycles. The van der Waals surface area contributed by atoms with E-state index < -0.39 is 0 Å². The molecule has 0 saturated heterocycles. The predicted octanol–water partition coefficient (Wildman–Crippen LogP) is 0.797. The molecule has 0 radical (unpaired) electrons. The molecule has 8 nitrogen and oxygen atoms in total. The lowest BCUT2D eigenvalue weighted by molar-refractivity contribution is 0.0740. The summed E-state index contributed by atoms with van der Waals surface area (Å²) in [5, 5.41) is 7.53. The first-order valence-corrected chi connectivity index (χ1v) is 8.46. The van der Waals surface area contributed by atoms with Crippen LogP contribution in [0.2, 0.25) is 0 Å². The molecular formula is C17H24N6O2. The molecule has 0 atom stereocenters. The van der Waals surface area contributed by atoms with Gasteiger partial charge in [0.25, 0.3) is 5.91 Å². The average molecular weight is 344 g/mol. The predicted molar refractivity (Wildman–Crippen MR) is 91.8 cm³/mol. The van der Waals surface area contributed by atoms with Gasteiger partial charge in [0.1, 0.15) is 0 Å². The third-order valence-corrected chi connectivity index (χ3v) is 4.24. The molecule has 0 N–H and O–H groups in total. The van der Waals surface area contributed by atoms with Crippen LogP contribution in [0.1, 0.15) is 28.2 Å². The van der Waals surface area contributed by atoms with Crippen LogP contribution in [-0.4, -0.2) is 69.2 Å². The molecule has 1 amide bonds. The third-order valence-electron chi connectivity index (χ3n) is 4.24. The van der Waals surface area contributed by atoms with Gasteiger partial charge < -0.3 is 19.1 Å². The van der Waals surface area contributed by atoms with Crippen LogP contribution >= 0.6 is 0 Å². The Morgan fingerprint density at radius 2 is 2.20 bits per heavy atom. The van der Waals surface area contributed by atoms with E-state index in [1.165, 1.54) is 6.20 Å². The number of hydrogen-bond donors (Lipinski definition) is 0. The molecule has 0 fully saturated rings. The number of aromatic nitrogens is 4. The van der Waals surface area contributed by atoms with E-state index in [-0.39, 0.29) is 5.91 Å². The van der Waals surface area contributed by atoms with Gasteiger partial charge in [-0.25, -0.2) is 4.98 Å². The van der Waals surface area contributed by atoms with E-state index in [0.29, 0.717) is 31.9 Å². The van der Waals surface area contributed by atoms with Crippen molar-refractivity contribution in [1.29, 1.82) is 0 Å². The molecule has 0 spiro atoms. The van der Waals surface area contributed by atoms with Crippen molar-refractivity contribution in [3.8, 4) is 0 Å². The maximum absolute atomic E-state index is 12.7. The van der Waals surface area contributed by atoms with Crippen molar-refractivity contribution in [3.63, 3.8) is 0 Å². The minimum absolute atomic E-state index is 0.0240. The number of likely N-dealkylation sites (N-methyl/N-ethyl adjacent to an activating group) is 1. The Labute approximate surface area is 147 Å². The van der Waals surface area contributed by atoms with Crippen LogP contribution < -0.4 is 0 Å². The van der Waals surface area contributed by atoms with Gasteiger partial charge in [-0.1, -0.05) is 0 Å². The lowest BCUT2D eigenvalue weighted by Gasteiger charge is -2.20. The zero-order valence-corrected chi connectivity index (χ0v) is 14.8. The van der Waals surface area contributed by atoms with Crippen LogP contribution in [-0.2, 0) is 24.4 Å². The van der Waals surface area contributed by atoms with Gasteiger partial charge in [0, 0.05) is 19.6 Å². The maximum Gasteiger partial charge on any atom is 0.255 e. The number of carbonyl (C=O) groups is 1. The average Bonchev–Trinajstić information content (AvgIpc) is 2.86. The third kappa shape index (κ3) is 4.40. The summed E-state index contributed by atoms with van der Waals surface area (Å²) in [7, 11) is 4.03. The van der Waals surface area contributed by atoms with E-state index >= 15 is 0 Å². The fourth-order valence-electron chi connectivity index (χ4n) is 2.83. The topological polar surface area (TPSA) is 76.4 Å². The molecule has 0 aliphatic carbocycles. The van der Waals surface area contributed by atoms with Crippen LogP contribution in [0.15, 0.2) is 24.8 Å². The Morgan fingerprint density at radius 1 is 1.32 bits per heavy atom. The standard InChI is InChI=1S/C17H24N6O2/c1-21(2)8-9-25-12-15-16-11-22(6-3-7-23(16)13-18-15)17(24)14-4-5-19-20-10-14/h4-5,10,13H,3,6-9,11-12H2,1-2H3. The summed E-state index contributed by atoms with van der Waals surface area (Å²) in [5.74, 6) is -0.0240. The molecule has 2 aromatic rings. The number of rotatable bonds is 6. The van der Waals surface area contributed by atoms with Crippen LogP contribution in [0, 0.1) is 0 Å². The first kappa shape index (κ1) is 17.5. The zero-order chi connectivity index (χ0) is 17.6. The van der Waals surface area contributed by atoms with Gasteiger partial charge in [-0.2, -0.15) is 10.2 Å². The number of amides is 1. The van der Waals surface area contributed by atoms with Gasteiger partial charge in [-0.3, -0.25) is 4.79 Å². The van der Waals surface area contributed by atoms with Gasteiger partial charge >= 0.3 is 0 Å². The van der Waals surface area contributed by atoms with Crippen LogP contribution in [0.5, 0.6) is 0 Å². The van der Waals surface area contributed by atoms with E-state index in [2.05, 4.69) is 24.6 Å². The molecule has 0 unspecified atom stereocenters. The van der Waals surface area contributed by atoms with Gasteiger partial charge in [0.15, 0.2) is 0 Å². The van der Waals surface area contributed by atoms with Crippen LogP contribution in [0.3, 0.4) is 0 Å². The summed E-state index contributed by atoms with van der Waals surface area (Å²) in [5.41, 5.74) is 2.52. The molecule has 3 heterocycles. The first-order valence-electron chi connectivity index (χ1n) is 8.46. The summed E-state index contributed by atoms with van der Waals surface area (Å²) in [6.45, 7) is 4.10. The molecule has 0 saturated carbocycles. The largest absolute Gasteiger partial charge is 0.374 e. The smallest absolute Gasteiger partial charge is 0.255 e. The van der Waals surface area contributed by atoms with Crippen molar-refractivity contribution in [3.05, 3.63) is 41.7 Å². The van der Waals surface area contributed by atoms with Crippen molar-refractivity contribution in [2.75, 3.05) is 33.8 Å². The number of aryl methyl sites for hydroxylation is 1. The van der Waals surface area contributed by atoms with E-state index in [9.17, 15) is 4.79 Å². The van der Waals surface area contributed by atoms with Crippen molar-refractivity contribution >= 4 is 5.91 Å². The Morgan fingerprint density at radius 3 is 2.96 bits per heavy atom. The summed E-state index contributed by atoms with van der Waals surface area (Å²) in [6, 6.07) is 1.70. The highest BCUT2D eigenvalue weighted by Crippen LogP contribution is 2.18. The first-order chi connectivity index (χ1) is 12.1. The van der Waals surface area contributed by atoms with Gasteiger partial charge in [-0.15, -0.1) is 0 Å². The number of fused-ring (bicyclic) bond motifs is 1. The second kappa shape index (κ2) is 8.17. The molecular weight excluding hydrogens is 320 g/mol. The molecule has 3 rings (SSSR count). The molecule has 134 valence electrons. The number of imidazole rings is 1. The minimum Gasteiger partial charge on any atom is -0.374 e. The van der Waals surface area contributed by atoms with Crippen molar-refractivity contribution in [2.45, 2.75) is 26.1 Å². The zero-order valence-electron chi connectivity index (χ0n) is 14.8. The second-order valence-corrected chi connectivity index (χ2v) is 6.40. The van der Waals surface area contributed by atoms with Gasteiger partial charge in [-0.05, 0) is 26.6 Å². The lowest BCUT2D eigenvalue weighted by Crippen LogP contribution is -2.31. The highest BCUT2D eigenvalue weighted by molar-refractivity contribution is 5.93. The number of nitrogens with zero attached hydrogens (tertiary/aromatic N) is 6. The Hall–Kier alpha value is -2.32.